The van der Waals surface area contributed by atoms with Gasteiger partial charge < -0.3 is 24.0 Å². The molecule has 0 aromatic rings. The highest BCUT2D eigenvalue weighted by atomic mass is 16.5. The molecule has 0 radical (unpaired) electrons. The Morgan fingerprint density at radius 1 is 1.11 bits per heavy atom. The van der Waals surface area contributed by atoms with E-state index in [-0.39, 0.29) is 23.6 Å². The summed E-state index contributed by atoms with van der Waals surface area (Å²) in [5.74, 6) is 2.58. The largest absolute Gasteiger partial charge is 0.456 e. The lowest BCUT2D eigenvalue weighted by atomic mass is 9.44. The molecule has 0 bridgehead atoms. The summed E-state index contributed by atoms with van der Waals surface area (Å²) in [6.45, 7) is 18.0. The molecule has 6 aliphatic rings. The average molecular weight is 531 g/mol. The van der Waals surface area contributed by atoms with Gasteiger partial charge in [0.1, 0.15) is 31.3 Å². The fourth-order valence-corrected chi connectivity index (χ4v) is 11.5. The van der Waals surface area contributed by atoms with Gasteiger partial charge in [0.05, 0.1) is 32.8 Å². The molecular formula is C32H54N2O4+2. The quantitative estimate of drug-likeness (QED) is 0.326. The summed E-state index contributed by atoms with van der Waals surface area (Å²) >= 11 is 0. The van der Waals surface area contributed by atoms with E-state index in [1.54, 1.807) is 11.8 Å². The van der Waals surface area contributed by atoms with Gasteiger partial charge in [0.15, 0.2) is 6.10 Å². The Morgan fingerprint density at radius 2 is 1.84 bits per heavy atom. The van der Waals surface area contributed by atoms with Crippen LogP contribution in [0.25, 0.3) is 0 Å². The minimum Gasteiger partial charge on any atom is -0.456 e. The molecule has 0 amide bonds. The number of esters is 1. The average Bonchev–Trinajstić information content (AvgIpc) is 3.48. The summed E-state index contributed by atoms with van der Waals surface area (Å²) in [4.78, 5) is 14.1. The lowest BCUT2D eigenvalue weighted by molar-refractivity contribution is -0.938. The van der Waals surface area contributed by atoms with Crippen molar-refractivity contribution in [2.45, 2.75) is 103 Å². The summed E-state index contributed by atoms with van der Waals surface area (Å²) in [6.07, 6.45) is 12.8. The smallest absolute Gasteiger partial charge is 0.303 e. The summed E-state index contributed by atoms with van der Waals surface area (Å²) < 4.78 is 13.1. The molecule has 2 N–H and O–H groups in total. The van der Waals surface area contributed by atoms with Crippen LogP contribution in [0.1, 0.15) is 78.6 Å². The van der Waals surface area contributed by atoms with Crippen LogP contribution in [0.4, 0.5) is 0 Å². The minimum atomic E-state index is -0.172. The van der Waals surface area contributed by atoms with E-state index in [2.05, 4.69) is 26.5 Å². The van der Waals surface area contributed by atoms with Crippen LogP contribution >= 0.6 is 0 Å². The zero-order valence-electron chi connectivity index (χ0n) is 24.3. The Kier molecular flexibility index (Phi) is 7.27. The van der Waals surface area contributed by atoms with Gasteiger partial charge in [-0.3, -0.25) is 4.79 Å². The van der Waals surface area contributed by atoms with Crippen molar-refractivity contribution in [1.29, 1.82) is 0 Å². The third kappa shape index (κ3) is 4.23. The summed E-state index contributed by atoms with van der Waals surface area (Å²) in [5, 5.41) is 11.3. The second kappa shape index (κ2) is 10.2. The van der Waals surface area contributed by atoms with Crippen molar-refractivity contribution in [2.24, 2.45) is 34.5 Å². The van der Waals surface area contributed by atoms with Gasteiger partial charge in [-0.2, -0.15) is 0 Å². The molecule has 2 aliphatic heterocycles. The Hall–Kier alpha value is -0.950. The van der Waals surface area contributed by atoms with Crippen molar-refractivity contribution in [3.05, 3.63) is 12.7 Å². The molecule has 0 aromatic heterocycles. The second-order valence-electron chi connectivity index (χ2n) is 14.8. The van der Waals surface area contributed by atoms with E-state index < -0.39 is 0 Å². The fourth-order valence-electron chi connectivity index (χ4n) is 11.5. The number of nitrogens with one attached hydrogen (secondary N) is 1. The first-order chi connectivity index (χ1) is 18.2. The summed E-state index contributed by atoms with van der Waals surface area (Å²) in [7, 11) is 0. The summed E-state index contributed by atoms with van der Waals surface area (Å²) in [5.41, 5.74) is 0.369. The van der Waals surface area contributed by atoms with E-state index in [1.165, 1.54) is 58.0 Å². The van der Waals surface area contributed by atoms with Crippen molar-refractivity contribution in [2.75, 3.05) is 45.9 Å². The maximum Gasteiger partial charge on any atom is 0.303 e. The highest BCUT2D eigenvalue weighted by Gasteiger charge is 2.68. The molecule has 6 fully saturated rings. The van der Waals surface area contributed by atoms with E-state index in [0.717, 1.165) is 56.1 Å². The van der Waals surface area contributed by atoms with Crippen molar-refractivity contribution < 1.29 is 28.8 Å². The number of likely N-dealkylation sites (tertiary alicyclic amines) is 1. The number of carbonyl (C=O) groups excluding carboxylic acids is 1. The van der Waals surface area contributed by atoms with Crippen LogP contribution in [0, 0.1) is 34.5 Å². The molecule has 6 nitrogen and oxygen atoms in total. The first-order valence-electron chi connectivity index (χ1n) is 16.0. The Bertz CT molecular complexity index is 898. The van der Waals surface area contributed by atoms with Gasteiger partial charge in [-0.1, -0.05) is 20.4 Å². The number of quaternary nitrogens is 2. The van der Waals surface area contributed by atoms with Crippen LogP contribution < -0.4 is 4.90 Å². The van der Waals surface area contributed by atoms with E-state index in [1.807, 2.05) is 0 Å². The number of rotatable bonds is 5. The van der Waals surface area contributed by atoms with Crippen molar-refractivity contribution >= 4 is 5.97 Å². The maximum absolute atomic E-state index is 12.5. The molecule has 6 rings (SSSR count). The zero-order chi connectivity index (χ0) is 26.7. The van der Waals surface area contributed by atoms with Gasteiger partial charge in [-0.25, -0.2) is 0 Å². The first kappa shape index (κ1) is 27.2. The molecule has 0 aromatic carbocycles. The Morgan fingerprint density at radius 3 is 2.53 bits per heavy atom. The number of hydrogen-bond donors (Lipinski definition) is 2. The van der Waals surface area contributed by atoms with Gasteiger partial charge >= 0.3 is 5.97 Å². The topological polar surface area (TPSA) is 60.2 Å². The molecule has 4 saturated carbocycles. The fraction of sp³-hybridized carbons (Fsp3) is 0.906. The van der Waals surface area contributed by atoms with Crippen molar-refractivity contribution in [1.82, 2.24) is 0 Å². The predicted octanol–water partition coefficient (Wildman–Crippen LogP) is 2.99. The molecule has 10 atom stereocenters. The predicted molar refractivity (Wildman–Crippen MR) is 147 cm³/mol. The molecule has 0 spiro atoms. The van der Waals surface area contributed by atoms with E-state index in [9.17, 15) is 9.90 Å². The number of aliphatic hydroxyl groups is 1. The molecule has 0 unspecified atom stereocenters. The van der Waals surface area contributed by atoms with Crippen molar-refractivity contribution in [3.63, 3.8) is 0 Å². The number of hydrogen-bond acceptors (Lipinski definition) is 4. The van der Waals surface area contributed by atoms with E-state index in [4.69, 9.17) is 9.47 Å². The van der Waals surface area contributed by atoms with Crippen molar-refractivity contribution in [3.8, 4) is 0 Å². The van der Waals surface area contributed by atoms with Crippen LogP contribution in [0.5, 0.6) is 0 Å². The van der Waals surface area contributed by atoms with Crippen LogP contribution in [0.3, 0.4) is 0 Å². The zero-order valence-corrected chi connectivity index (χ0v) is 24.3. The molecular weight excluding hydrogens is 476 g/mol. The van der Waals surface area contributed by atoms with Crippen LogP contribution in [-0.2, 0) is 14.3 Å². The SMILES string of the molecule is C=CC[N+]1([C@H]2C[C@H]3[C@@H]4CC[C@H]5C[C@H](O)[C@@H]([NH+]6CCOCC6)C[C@]5(C)[C@H]4CC[C@]3(C)[C@H]2OC(C)=O)CCCC1. The lowest BCUT2D eigenvalue weighted by Crippen LogP contribution is -3.19. The van der Waals surface area contributed by atoms with Crippen LogP contribution in [0.2, 0.25) is 0 Å². The Balaban J connectivity index is 1.30. The number of nitrogens with zero attached hydrogens (tertiary/aromatic N) is 1. The maximum atomic E-state index is 12.5. The van der Waals surface area contributed by atoms with Crippen LogP contribution in [-0.4, -0.2) is 85.8 Å². The standard InChI is InChI=1S/C32H53N2O4/c1-5-14-34(15-6-7-16-34)28-20-26-24-9-8-23-19-29(36)27(33-12-17-37-18-13-33)21-32(23,4)25(24)10-11-31(26,3)30(28)38-22(2)35/h5,23-30,36H,1,6-21H2,2-4H3/q+1/p+1/t23-,24+,25-,26-,27-,28-,29-,30-,31-,32-/m0/s1. The molecule has 214 valence electrons. The third-order valence-electron chi connectivity index (χ3n) is 13.3. The molecule has 38 heavy (non-hydrogen) atoms. The number of carbonyl (C=O) groups is 1. The number of morpholine rings is 1. The Labute approximate surface area is 230 Å². The van der Waals surface area contributed by atoms with Gasteiger partial charge in [-0.15, -0.1) is 0 Å². The van der Waals surface area contributed by atoms with E-state index in [0.29, 0.717) is 35.3 Å². The van der Waals surface area contributed by atoms with Gasteiger partial charge in [0.25, 0.3) is 0 Å². The molecule has 4 aliphatic carbocycles. The minimum absolute atomic E-state index is 0.0215. The number of aliphatic hydroxyl groups excluding tert-OH is 1. The molecule has 2 heterocycles. The molecule has 6 heteroatoms. The first-order valence-corrected chi connectivity index (χ1v) is 16.0. The lowest BCUT2D eigenvalue weighted by Gasteiger charge is -2.61. The normalized spacial score (nSPS) is 48.5. The van der Waals surface area contributed by atoms with Gasteiger partial charge in [0, 0.05) is 38.0 Å². The second-order valence-corrected chi connectivity index (χ2v) is 14.8. The number of fused-ring (bicyclic) bond motifs is 5. The highest BCUT2D eigenvalue weighted by molar-refractivity contribution is 5.66. The molecule has 2 saturated heterocycles. The van der Waals surface area contributed by atoms with E-state index >= 15 is 0 Å². The number of ether oxygens (including phenoxy) is 2. The monoisotopic (exact) mass is 530 g/mol. The highest BCUT2D eigenvalue weighted by Crippen LogP contribution is 2.67. The van der Waals surface area contributed by atoms with Gasteiger partial charge in [-0.05, 0) is 67.3 Å². The third-order valence-corrected chi connectivity index (χ3v) is 13.3. The summed E-state index contributed by atoms with van der Waals surface area (Å²) in [6, 6.07) is 0.751. The van der Waals surface area contributed by atoms with Crippen LogP contribution in [0.15, 0.2) is 12.7 Å². The van der Waals surface area contributed by atoms with Gasteiger partial charge in [0.2, 0.25) is 0 Å².